The van der Waals surface area contributed by atoms with Crippen molar-refractivity contribution in [1.82, 2.24) is 10.2 Å². The first-order valence-electron chi connectivity index (χ1n) is 7.13. The Morgan fingerprint density at radius 3 is 2.81 bits per heavy atom. The monoisotopic (exact) mass is 293 g/mol. The molecule has 1 aliphatic heterocycles. The molecule has 6 heteroatoms. The van der Waals surface area contributed by atoms with Crippen LogP contribution in [-0.2, 0) is 0 Å². The maximum Gasteiger partial charge on any atom is 0.277 e. The van der Waals surface area contributed by atoms with Crippen LogP contribution < -0.4 is 5.32 Å². The summed E-state index contributed by atoms with van der Waals surface area (Å²) in [5.74, 6) is -0.576. The number of nitro groups is 1. The zero-order valence-corrected chi connectivity index (χ0v) is 11.9. The van der Waals surface area contributed by atoms with E-state index in [4.69, 9.17) is 0 Å². The maximum absolute atomic E-state index is 13.3. The highest BCUT2D eigenvalue weighted by Crippen LogP contribution is 2.33. The first kappa shape index (κ1) is 15.6. The van der Waals surface area contributed by atoms with Crippen LogP contribution in [0.2, 0.25) is 0 Å². The molecule has 114 valence electrons. The predicted molar refractivity (Wildman–Crippen MR) is 79.7 cm³/mol. The Hall–Kier alpha value is -1.79. The molecule has 1 fully saturated rings. The summed E-state index contributed by atoms with van der Waals surface area (Å²) in [6, 6.07) is 3.78. The van der Waals surface area contributed by atoms with E-state index >= 15 is 0 Å². The Labute approximate surface area is 123 Å². The SMILES string of the molecule is C=CCC[C@@H](c1ccc(F)cc1[N+](=O)[O-])N1CCNCC1. The van der Waals surface area contributed by atoms with Gasteiger partial charge >= 0.3 is 0 Å². The molecule has 1 heterocycles. The van der Waals surface area contributed by atoms with Gasteiger partial charge in [0.25, 0.3) is 5.69 Å². The van der Waals surface area contributed by atoms with Gasteiger partial charge in [0.1, 0.15) is 5.82 Å². The molecule has 1 aliphatic rings. The van der Waals surface area contributed by atoms with E-state index in [0.29, 0.717) is 5.56 Å². The molecule has 0 spiro atoms. The van der Waals surface area contributed by atoms with Crippen LogP contribution in [0.15, 0.2) is 30.9 Å². The summed E-state index contributed by atoms with van der Waals surface area (Å²) in [4.78, 5) is 12.9. The van der Waals surface area contributed by atoms with Crippen LogP contribution in [0.4, 0.5) is 10.1 Å². The highest BCUT2D eigenvalue weighted by Gasteiger charge is 2.28. The number of nitrogens with one attached hydrogen (secondary N) is 1. The van der Waals surface area contributed by atoms with Crippen LogP contribution in [0.3, 0.4) is 0 Å². The molecule has 5 nitrogen and oxygen atoms in total. The second-order valence-corrected chi connectivity index (χ2v) is 5.13. The van der Waals surface area contributed by atoms with Crippen LogP contribution in [0.5, 0.6) is 0 Å². The molecule has 1 N–H and O–H groups in total. The largest absolute Gasteiger partial charge is 0.314 e. The van der Waals surface area contributed by atoms with E-state index in [1.807, 2.05) is 6.08 Å². The molecule has 0 aromatic heterocycles. The fraction of sp³-hybridized carbons (Fsp3) is 0.467. The van der Waals surface area contributed by atoms with Gasteiger partial charge in [-0.1, -0.05) is 6.08 Å². The predicted octanol–water partition coefficient (Wildman–Crippen LogP) is 2.65. The van der Waals surface area contributed by atoms with Crippen LogP contribution in [0, 0.1) is 15.9 Å². The first-order valence-corrected chi connectivity index (χ1v) is 7.13. The summed E-state index contributed by atoms with van der Waals surface area (Å²) in [6.45, 7) is 7.10. The summed E-state index contributed by atoms with van der Waals surface area (Å²) < 4.78 is 13.3. The van der Waals surface area contributed by atoms with Gasteiger partial charge < -0.3 is 5.32 Å². The Morgan fingerprint density at radius 2 is 2.19 bits per heavy atom. The zero-order chi connectivity index (χ0) is 15.2. The molecule has 0 saturated carbocycles. The summed E-state index contributed by atoms with van der Waals surface area (Å²) in [7, 11) is 0. The van der Waals surface area contributed by atoms with Crippen LogP contribution in [-0.4, -0.2) is 36.0 Å². The minimum absolute atomic E-state index is 0.0777. The van der Waals surface area contributed by atoms with Crippen molar-refractivity contribution >= 4 is 5.69 Å². The number of hydrogen-bond donors (Lipinski definition) is 1. The van der Waals surface area contributed by atoms with Gasteiger partial charge in [0, 0.05) is 37.8 Å². The lowest BCUT2D eigenvalue weighted by molar-refractivity contribution is -0.386. The minimum Gasteiger partial charge on any atom is -0.314 e. The third-order valence-corrected chi connectivity index (χ3v) is 3.78. The molecule has 2 rings (SSSR count). The van der Waals surface area contributed by atoms with Crippen molar-refractivity contribution < 1.29 is 9.31 Å². The fourth-order valence-electron chi connectivity index (χ4n) is 2.76. The van der Waals surface area contributed by atoms with E-state index in [0.717, 1.165) is 45.1 Å². The lowest BCUT2D eigenvalue weighted by atomic mass is 9.97. The Kier molecular flexibility index (Phi) is 5.41. The molecular weight excluding hydrogens is 273 g/mol. The van der Waals surface area contributed by atoms with E-state index in [9.17, 15) is 14.5 Å². The standard InChI is InChI=1S/C15H20FN3O2/c1-2-3-4-14(18-9-7-17-8-10-18)13-6-5-12(16)11-15(13)19(20)21/h2,5-6,11,14,17H,1,3-4,7-10H2/t14-/m0/s1. The average Bonchev–Trinajstić information content (AvgIpc) is 2.49. The number of nitrogens with zero attached hydrogens (tertiary/aromatic N) is 2. The van der Waals surface area contributed by atoms with Crippen molar-refractivity contribution in [2.75, 3.05) is 26.2 Å². The average molecular weight is 293 g/mol. The Bertz CT molecular complexity index is 516. The normalized spacial score (nSPS) is 17.4. The second kappa shape index (κ2) is 7.28. The highest BCUT2D eigenvalue weighted by atomic mass is 19.1. The highest BCUT2D eigenvalue weighted by molar-refractivity contribution is 5.42. The van der Waals surface area contributed by atoms with Crippen molar-refractivity contribution in [2.24, 2.45) is 0 Å². The number of nitro benzene ring substituents is 1. The van der Waals surface area contributed by atoms with Crippen molar-refractivity contribution in [1.29, 1.82) is 0 Å². The molecule has 1 aromatic carbocycles. The van der Waals surface area contributed by atoms with Gasteiger partial charge in [-0.2, -0.15) is 0 Å². The summed E-state index contributed by atoms with van der Waals surface area (Å²) in [6.07, 6.45) is 3.32. The van der Waals surface area contributed by atoms with Crippen LogP contribution >= 0.6 is 0 Å². The van der Waals surface area contributed by atoms with E-state index < -0.39 is 10.7 Å². The molecule has 1 atom stereocenters. The lowest BCUT2D eigenvalue weighted by Crippen LogP contribution is -2.45. The van der Waals surface area contributed by atoms with Crippen molar-refractivity contribution in [2.45, 2.75) is 18.9 Å². The van der Waals surface area contributed by atoms with Gasteiger partial charge in [0.15, 0.2) is 0 Å². The topological polar surface area (TPSA) is 58.4 Å². The van der Waals surface area contributed by atoms with E-state index in [1.165, 1.54) is 6.07 Å². The molecule has 0 bridgehead atoms. The number of hydrogen-bond acceptors (Lipinski definition) is 4. The Morgan fingerprint density at radius 1 is 1.48 bits per heavy atom. The number of allylic oxidation sites excluding steroid dienone is 1. The van der Waals surface area contributed by atoms with Crippen LogP contribution in [0.1, 0.15) is 24.4 Å². The third-order valence-electron chi connectivity index (χ3n) is 3.78. The smallest absolute Gasteiger partial charge is 0.277 e. The molecular formula is C15H20FN3O2. The quantitative estimate of drug-likeness (QED) is 0.497. The van der Waals surface area contributed by atoms with Crippen molar-refractivity contribution in [3.05, 3.63) is 52.3 Å². The molecule has 21 heavy (non-hydrogen) atoms. The number of halogens is 1. The van der Waals surface area contributed by atoms with Crippen LogP contribution in [0.25, 0.3) is 0 Å². The molecule has 0 radical (unpaired) electrons. The summed E-state index contributed by atoms with van der Waals surface area (Å²) >= 11 is 0. The first-order chi connectivity index (χ1) is 10.1. The Balaban J connectivity index is 2.34. The maximum atomic E-state index is 13.3. The number of piperazine rings is 1. The third kappa shape index (κ3) is 3.86. The minimum atomic E-state index is -0.576. The summed E-state index contributed by atoms with van der Waals surface area (Å²) in [5, 5.41) is 14.5. The van der Waals surface area contributed by atoms with Gasteiger partial charge in [0.2, 0.25) is 0 Å². The van der Waals surface area contributed by atoms with Gasteiger partial charge in [-0.15, -0.1) is 6.58 Å². The van der Waals surface area contributed by atoms with Crippen molar-refractivity contribution in [3.63, 3.8) is 0 Å². The van der Waals surface area contributed by atoms with E-state index in [1.54, 1.807) is 6.07 Å². The molecule has 0 aliphatic carbocycles. The van der Waals surface area contributed by atoms with Gasteiger partial charge in [-0.3, -0.25) is 15.0 Å². The molecule has 1 saturated heterocycles. The van der Waals surface area contributed by atoms with Gasteiger partial charge in [0.05, 0.1) is 11.0 Å². The molecule has 0 unspecified atom stereocenters. The van der Waals surface area contributed by atoms with Crippen molar-refractivity contribution in [3.8, 4) is 0 Å². The second-order valence-electron chi connectivity index (χ2n) is 5.13. The fourth-order valence-corrected chi connectivity index (χ4v) is 2.76. The molecule has 0 amide bonds. The van der Waals surface area contributed by atoms with Gasteiger partial charge in [-0.05, 0) is 25.0 Å². The van der Waals surface area contributed by atoms with Gasteiger partial charge in [-0.25, -0.2) is 4.39 Å². The lowest BCUT2D eigenvalue weighted by Gasteiger charge is -2.35. The summed E-state index contributed by atoms with van der Waals surface area (Å²) in [5.41, 5.74) is 0.452. The van der Waals surface area contributed by atoms with E-state index in [-0.39, 0.29) is 11.7 Å². The number of rotatable bonds is 6. The molecule has 1 aromatic rings. The zero-order valence-electron chi connectivity index (χ0n) is 11.9. The number of benzene rings is 1. The van der Waals surface area contributed by atoms with E-state index in [2.05, 4.69) is 16.8 Å².